The van der Waals surface area contributed by atoms with Crippen LogP contribution >= 0.6 is 34.8 Å². The maximum absolute atomic E-state index is 13.2. The number of hydrogen-bond acceptors (Lipinski definition) is 1. The largest absolute Gasteiger partial charge is 0.435 e. The Morgan fingerprint density at radius 1 is 0.913 bits per heavy atom. The van der Waals surface area contributed by atoms with Crippen molar-refractivity contribution in [2.24, 2.45) is 0 Å². The molecule has 2 aromatic rings. The van der Waals surface area contributed by atoms with Crippen molar-refractivity contribution in [3.05, 3.63) is 51.0 Å². The Kier molecular flexibility index (Phi) is 5.28. The van der Waals surface area contributed by atoms with Crippen molar-refractivity contribution in [3.8, 4) is 16.9 Å². The van der Waals surface area contributed by atoms with E-state index in [0.29, 0.717) is 6.07 Å². The third-order valence-electron chi connectivity index (χ3n) is 2.80. The van der Waals surface area contributed by atoms with E-state index < -0.39 is 29.7 Å². The Bertz CT molecular complexity index is 731. The SMILES string of the molecule is FC(F)Oc1ccc(C(F)(F)F)c(-c2cc(Cl)cc(Cl)c2Cl)c1. The number of alkyl halides is 5. The number of benzene rings is 2. The molecular formula is C14H6Cl3F5O. The van der Waals surface area contributed by atoms with E-state index in [4.69, 9.17) is 34.8 Å². The average molecular weight is 392 g/mol. The minimum Gasteiger partial charge on any atom is -0.435 e. The number of ether oxygens (including phenoxy) is 1. The highest BCUT2D eigenvalue weighted by atomic mass is 35.5. The minimum absolute atomic E-state index is 0.0442. The fraction of sp³-hybridized carbons (Fsp3) is 0.143. The maximum Gasteiger partial charge on any atom is 0.417 e. The zero-order valence-electron chi connectivity index (χ0n) is 10.9. The fourth-order valence-electron chi connectivity index (χ4n) is 1.92. The molecule has 0 saturated carbocycles. The summed E-state index contributed by atoms with van der Waals surface area (Å²) >= 11 is 17.5. The lowest BCUT2D eigenvalue weighted by atomic mass is 9.98. The highest BCUT2D eigenvalue weighted by Gasteiger charge is 2.34. The first-order valence-corrected chi connectivity index (χ1v) is 7.04. The van der Waals surface area contributed by atoms with Crippen molar-refractivity contribution in [2.45, 2.75) is 12.8 Å². The Labute approximate surface area is 142 Å². The molecule has 0 radical (unpaired) electrons. The van der Waals surface area contributed by atoms with Gasteiger partial charge in [0.1, 0.15) is 5.75 Å². The number of hydrogen-bond donors (Lipinski definition) is 0. The van der Waals surface area contributed by atoms with Gasteiger partial charge >= 0.3 is 12.8 Å². The molecule has 0 atom stereocenters. The van der Waals surface area contributed by atoms with E-state index in [1.165, 1.54) is 6.07 Å². The summed E-state index contributed by atoms with van der Waals surface area (Å²) < 4.78 is 68.2. The van der Waals surface area contributed by atoms with Gasteiger partial charge in [0.25, 0.3) is 0 Å². The van der Waals surface area contributed by atoms with E-state index in [0.717, 1.165) is 18.2 Å². The molecule has 0 fully saturated rings. The highest BCUT2D eigenvalue weighted by molar-refractivity contribution is 6.45. The summed E-state index contributed by atoms with van der Waals surface area (Å²) in [6, 6.07) is 4.63. The molecule has 1 nitrogen and oxygen atoms in total. The standard InChI is InChI=1S/C14H6Cl3F5O/c15-6-3-9(12(17)11(16)4-6)8-5-7(23-13(18)19)1-2-10(8)14(20,21)22/h1-5,13H. The average Bonchev–Trinajstić information content (AvgIpc) is 2.40. The number of rotatable bonds is 3. The monoisotopic (exact) mass is 390 g/mol. The Balaban J connectivity index is 2.72. The predicted molar refractivity (Wildman–Crippen MR) is 78.5 cm³/mol. The molecule has 2 aromatic carbocycles. The lowest BCUT2D eigenvalue weighted by molar-refractivity contribution is -0.137. The summed E-state index contributed by atoms with van der Waals surface area (Å²) in [7, 11) is 0. The van der Waals surface area contributed by atoms with Gasteiger partial charge in [-0.25, -0.2) is 0 Å². The molecule has 0 N–H and O–H groups in total. The molecular weight excluding hydrogens is 386 g/mol. The van der Waals surface area contributed by atoms with Gasteiger partial charge in [0, 0.05) is 10.6 Å². The first-order chi connectivity index (χ1) is 10.6. The zero-order valence-corrected chi connectivity index (χ0v) is 13.2. The van der Waals surface area contributed by atoms with Crippen molar-refractivity contribution in [2.75, 3.05) is 0 Å². The Morgan fingerprint density at radius 2 is 1.57 bits per heavy atom. The Morgan fingerprint density at radius 3 is 2.13 bits per heavy atom. The molecule has 2 rings (SSSR count). The normalized spacial score (nSPS) is 11.9. The van der Waals surface area contributed by atoms with Crippen LogP contribution in [0, 0.1) is 0 Å². The predicted octanol–water partition coefficient (Wildman–Crippen LogP) is 6.93. The van der Waals surface area contributed by atoms with Crippen LogP contribution in [0.2, 0.25) is 15.1 Å². The van der Waals surface area contributed by atoms with Crippen LogP contribution in [0.1, 0.15) is 5.56 Å². The van der Waals surface area contributed by atoms with E-state index in [-0.39, 0.29) is 20.6 Å². The van der Waals surface area contributed by atoms with Crippen molar-refractivity contribution < 1.29 is 26.7 Å². The topological polar surface area (TPSA) is 9.23 Å². The molecule has 0 spiro atoms. The molecule has 9 heteroatoms. The first kappa shape index (κ1) is 18.1. The molecule has 0 amide bonds. The second kappa shape index (κ2) is 6.71. The van der Waals surface area contributed by atoms with Gasteiger partial charge in [0.05, 0.1) is 15.6 Å². The lowest BCUT2D eigenvalue weighted by Crippen LogP contribution is -2.09. The molecule has 0 aliphatic rings. The van der Waals surface area contributed by atoms with Crippen molar-refractivity contribution in [1.29, 1.82) is 0 Å². The van der Waals surface area contributed by atoms with Crippen LogP contribution < -0.4 is 4.74 Å². The van der Waals surface area contributed by atoms with E-state index in [2.05, 4.69) is 4.74 Å². The van der Waals surface area contributed by atoms with Crippen LogP contribution in [0.3, 0.4) is 0 Å². The van der Waals surface area contributed by atoms with Gasteiger partial charge in [-0.1, -0.05) is 34.8 Å². The van der Waals surface area contributed by atoms with E-state index in [1.807, 2.05) is 0 Å². The van der Waals surface area contributed by atoms with Gasteiger partial charge in [0.2, 0.25) is 0 Å². The van der Waals surface area contributed by atoms with Crippen molar-refractivity contribution >= 4 is 34.8 Å². The van der Waals surface area contributed by atoms with Gasteiger partial charge in [-0.2, -0.15) is 22.0 Å². The van der Waals surface area contributed by atoms with Crippen LogP contribution in [-0.4, -0.2) is 6.61 Å². The lowest BCUT2D eigenvalue weighted by Gasteiger charge is -2.16. The molecule has 0 saturated heterocycles. The molecule has 0 heterocycles. The summed E-state index contributed by atoms with van der Waals surface area (Å²) in [4.78, 5) is 0. The number of halogens is 8. The molecule has 0 bridgehead atoms. The van der Waals surface area contributed by atoms with Crippen LogP contribution in [0.25, 0.3) is 11.1 Å². The van der Waals surface area contributed by atoms with E-state index in [9.17, 15) is 22.0 Å². The summed E-state index contributed by atoms with van der Waals surface area (Å²) in [6.45, 7) is -3.18. The van der Waals surface area contributed by atoms with E-state index in [1.54, 1.807) is 0 Å². The third kappa shape index (κ3) is 4.19. The molecule has 0 aliphatic carbocycles. The second-order valence-electron chi connectivity index (χ2n) is 4.33. The summed E-state index contributed by atoms with van der Waals surface area (Å²) in [5.74, 6) is -0.449. The van der Waals surface area contributed by atoms with Gasteiger partial charge in [0.15, 0.2) is 0 Å². The molecule has 0 unspecified atom stereocenters. The van der Waals surface area contributed by atoms with Crippen LogP contribution in [0.4, 0.5) is 22.0 Å². The summed E-state index contributed by atoms with van der Waals surface area (Å²) in [6.07, 6.45) is -4.74. The minimum atomic E-state index is -4.74. The van der Waals surface area contributed by atoms with Crippen molar-refractivity contribution in [3.63, 3.8) is 0 Å². The third-order valence-corrected chi connectivity index (χ3v) is 3.83. The first-order valence-electron chi connectivity index (χ1n) is 5.90. The second-order valence-corrected chi connectivity index (χ2v) is 5.55. The van der Waals surface area contributed by atoms with Crippen LogP contribution in [0.15, 0.2) is 30.3 Å². The molecule has 23 heavy (non-hydrogen) atoms. The van der Waals surface area contributed by atoms with Crippen molar-refractivity contribution in [1.82, 2.24) is 0 Å². The molecule has 0 aliphatic heterocycles. The van der Waals surface area contributed by atoms with E-state index >= 15 is 0 Å². The van der Waals surface area contributed by atoms with Gasteiger partial charge < -0.3 is 4.74 Å². The quantitative estimate of drug-likeness (QED) is 0.407. The zero-order chi connectivity index (χ0) is 17.4. The smallest absolute Gasteiger partial charge is 0.417 e. The molecule has 0 aromatic heterocycles. The fourth-order valence-corrected chi connectivity index (χ4v) is 2.63. The van der Waals surface area contributed by atoms with Gasteiger partial charge in [-0.05, 0) is 35.9 Å². The Hall–Kier alpha value is -1.24. The van der Waals surface area contributed by atoms with Gasteiger partial charge in [-0.15, -0.1) is 0 Å². The van der Waals surface area contributed by atoms with Gasteiger partial charge in [-0.3, -0.25) is 0 Å². The summed E-state index contributed by atoms with van der Waals surface area (Å²) in [5.41, 5.74) is -1.69. The van der Waals surface area contributed by atoms with Crippen LogP contribution in [-0.2, 0) is 6.18 Å². The maximum atomic E-state index is 13.2. The highest BCUT2D eigenvalue weighted by Crippen LogP contribution is 2.44. The molecule has 124 valence electrons. The van der Waals surface area contributed by atoms with Crippen LogP contribution in [0.5, 0.6) is 5.75 Å². The summed E-state index contributed by atoms with van der Waals surface area (Å²) in [5, 5.41) is -0.207.